The van der Waals surface area contributed by atoms with Gasteiger partial charge in [0.2, 0.25) is 5.91 Å². The van der Waals surface area contributed by atoms with Crippen molar-refractivity contribution >= 4 is 17.3 Å². The summed E-state index contributed by atoms with van der Waals surface area (Å²) in [5.41, 5.74) is 0.237. The van der Waals surface area contributed by atoms with E-state index in [0.717, 1.165) is 38.5 Å². The molecule has 5 nitrogen and oxygen atoms in total. The lowest BCUT2D eigenvalue weighted by Gasteiger charge is -2.05. The topological polar surface area (TPSA) is 72.2 Å². The zero-order valence-corrected chi connectivity index (χ0v) is 14.3. The molecular weight excluding hydrogens is 316 g/mol. The summed E-state index contributed by atoms with van der Waals surface area (Å²) < 4.78 is 0. The Morgan fingerprint density at radius 3 is 2.12 bits per heavy atom. The Balaban J connectivity index is 1.67. The van der Waals surface area contributed by atoms with Crippen LogP contribution >= 0.6 is 0 Å². The van der Waals surface area contributed by atoms with Crippen LogP contribution < -0.4 is 5.32 Å². The van der Waals surface area contributed by atoms with E-state index in [9.17, 15) is 14.9 Å². The molecule has 1 amide bonds. The van der Waals surface area contributed by atoms with E-state index < -0.39 is 4.92 Å². The average Bonchev–Trinajstić information content (AvgIpc) is 3.27. The molecule has 1 saturated carbocycles. The van der Waals surface area contributed by atoms with Gasteiger partial charge < -0.3 is 5.32 Å². The van der Waals surface area contributed by atoms with E-state index >= 15 is 0 Å². The van der Waals surface area contributed by atoms with Crippen molar-refractivity contribution in [1.29, 1.82) is 0 Å². The van der Waals surface area contributed by atoms with Crippen LogP contribution in [0.25, 0.3) is 0 Å². The maximum atomic E-state index is 12.7. The number of nitrogens with zero attached hydrogens (tertiary/aromatic N) is 1. The molecule has 2 aliphatic rings. The number of carbonyl (C=O) groups excluding carboxylic acids is 1. The first-order chi connectivity index (χ1) is 12.2. The normalized spacial score (nSPS) is 28.6. The molecule has 3 rings (SSSR count). The fourth-order valence-corrected chi connectivity index (χ4v) is 3.82. The minimum atomic E-state index is -0.456. The quantitative estimate of drug-likeness (QED) is 0.485. The highest BCUT2D eigenvalue weighted by Crippen LogP contribution is 2.52. The molecule has 2 aliphatic carbocycles. The van der Waals surface area contributed by atoms with Crippen LogP contribution in [0.1, 0.15) is 38.5 Å². The Kier molecular flexibility index (Phi) is 5.64. The summed E-state index contributed by atoms with van der Waals surface area (Å²) in [6.45, 7) is 0. The van der Waals surface area contributed by atoms with Gasteiger partial charge in [-0.05, 0) is 56.4 Å². The minimum Gasteiger partial charge on any atom is -0.320 e. The first-order valence-corrected chi connectivity index (χ1v) is 9.03. The van der Waals surface area contributed by atoms with Gasteiger partial charge in [0.15, 0.2) is 0 Å². The van der Waals surface area contributed by atoms with E-state index in [-0.39, 0.29) is 17.5 Å². The van der Waals surface area contributed by atoms with Gasteiger partial charge in [-0.1, -0.05) is 36.4 Å². The van der Waals surface area contributed by atoms with Gasteiger partial charge in [-0.15, -0.1) is 0 Å². The molecule has 0 heterocycles. The highest BCUT2D eigenvalue weighted by molar-refractivity contribution is 5.96. The van der Waals surface area contributed by atoms with E-state index in [0.29, 0.717) is 17.5 Å². The van der Waals surface area contributed by atoms with Crippen molar-refractivity contribution in [2.45, 2.75) is 38.5 Å². The fourth-order valence-electron chi connectivity index (χ4n) is 3.82. The third kappa shape index (κ3) is 4.35. The van der Waals surface area contributed by atoms with E-state index in [2.05, 4.69) is 29.6 Å². The standard InChI is InChI=1S/C20H24N2O3/c23-20(21-17-13-9-10-14-18(17)22(24)25)19-15-11-7-5-3-1-2-4-6-8-12-16(15)19/h3-6,9-10,13-16,19H,1-2,7-8,11-12H2,(H,21,23)/b5-3-,6-4+/t15-,16-,19?/m0/s1. The van der Waals surface area contributed by atoms with Crippen molar-refractivity contribution in [3.63, 3.8) is 0 Å². The van der Waals surface area contributed by atoms with Gasteiger partial charge in [0.05, 0.1) is 4.92 Å². The number of hydrogen-bond acceptors (Lipinski definition) is 3. The molecule has 3 atom stereocenters. The van der Waals surface area contributed by atoms with Gasteiger partial charge >= 0.3 is 0 Å². The average molecular weight is 340 g/mol. The zero-order valence-electron chi connectivity index (χ0n) is 14.3. The first kappa shape index (κ1) is 17.4. The maximum Gasteiger partial charge on any atom is 0.292 e. The van der Waals surface area contributed by atoms with Gasteiger partial charge in [0.1, 0.15) is 5.69 Å². The maximum absolute atomic E-state index is 12.7. The summed E-state index contributed by atoms with van der Waals surface area (Å²) in [6, 6.07) is 6.32. The van der Waals surface area contributed by atoms with Crippen molar-refractivity contribution in [3.05, 3.63) is 58.7 Å². The van der Waals surface area contributed by atoms with Crippen LogP contribution in [0.2, 0.25) is 0 Å². The van der Waals surface area contributed by atoms with Crippen molar-refractivity contribution in [1.82, 2.24) is 0 Å². The Morgan fingerprint density at radius 1 is 0.960 bits per heavy atom. The van der Waals surface area contributed by atoms with Crippen molar-refractivity contribution < 1.29 is 9.72 Å². The number of nitrogens with one attached hydrogen (secondary N) is 1. The fraction of sp³-hybridized carbons (Fsp3) is 0.450. The summed E-state index contributed by atoms with van der Waals surface area (Å²) in [6.07, 6.45) is 15.0. The van der Waals surface area contributed by atoms with E-state index in [4.69, 9.17) is 0 Å². The van der Waals surface area contributed by atoms with Crippen LogP contribution in [0.3, 0.4) is 0 Å². The molecule has 1 aromatic rings. The molecule has 25 heavy (non-hydrogen) atoms. The molecule has 0 spiro atoms. The number of amides is 1. The van der Waals surface area contributed by atoms with Gasteiger partial charge in [0.25, 0.3) is 5.69 Å². The monoisotopic (exact) mass is 340 g/mol. The second-order valence-corrected chi connectivity index (χ2v) is 6.79. The second kappa shape index (κ2) is 8.10. The van der Waals surface area contributed by atoms with Crippen molar-refractivity contribution in [2.75, 3.05) is 5.32 Å². The predicted molar refractivity (Wildman–Crippen MR) is 98.2 cm³/mol. The van der Waals surface area contributed by atoms with Crippen LogP contribution in [-0.2, 0) is 4.79 Å². The Morgan fingerprint density at radius 2 is 1.52 bits per heavy atom. The van der Waals surface area contributed by atoms with Crippen LogP contribution in [-0.4, -0.2) is 10.8 Å². The van der Waals surface area contributed by atoms with E-state index in [1.807, 2.05) is 0 Å². The highest BCUT2D eigenvalue weighted by atomic mass is 16.6. The lowest BCUT2D eigenvalue weighted by atomic mass is 10.1. The summed E-state index contributed by atoms with van der Waals surface area (Å²) in [5.74, 6) is 0.676. The molecule has 0 saturated heterocycles. The first-order valence-electron chi connectivity index (χ1n) is 9.03. The summed E-state index contributed by atoms with van der Waals surface area (Å²) in [5, 5.41) is 13.9. The smallest absolute Gasteiger partial charge is 0.292 e. The van der Waals surface area contributed by atoms with Crippen LogP contribution in [0.15, 0.2) is 48.6 Å². The lowest BCUT2D eigenvalue weighted by Crippen LogP contribution is -2.16. The van der Waals surface area contributed by atoms with Gasteiger partial charge in [0, 0.05) is 12.0 Å². The summed E-state index contributed by atoms with van der Waals surface area (Å²) in [7, 11) is 0. The number of anilines is 1. The molecular formula is C20H24N2O3. The lowest BCUT2D eigenvalue weighted by molar-refractivity contribution is -0.383. The van der Waals surface area contributed by atoms with Crippen LogP contribution in [0, 0.1) is 27.9 Å². The number of benzene rings is 1. The van der Waals surface area contributed by atoms with Crippen LogP contribution in [0.4, 0.5) is 11.4 Å². The second-order valence-electron chi connectivity index (χ2n) is 6.79. The number of nitro benzene ring substituents is 1. The van der Waals surface area contributed by atoms with Crippen molar-refractivity contribution in [2.24, 2.45) is 17.8 Å². The van der Waals surface area contributed by atoms with E-state index in [1.54, 1.807) is 18.2 Å². The molecule has 1 fully saturated rings. The number of hydrogen-bond donors (Lipinski definition) is 1. The largest absolute Gasteiger partial charge is 0.320 e. The molecule has 1 aromatic carbocycles. The molecule has 1 N–H and O–H groups in total. The van der Waals surface area contributed by atoms with Gasteiger partial charge in [-0.2, -0.15) is 0 Å². The van der Waals surface area contributed by atoms with Crippen LogP contribution in [0.5, 0.6) is 0 Å². The number of nitro groups is 1. The zero-order chi connectivity index (χ0) is 17.6. The third-order valence-electron chi connectivity index (χ3n) is 5.16. The Labute approximate surface area is 148 Å². The SMILES string of the molecule is O=C(Nc1ccccc1[N+](=O)[O-])C1[C@H]2CC/C=C\CC/C=C/CC[C@H]12. The molecule has 1 unspecified atom stereocenters. The third-order valence-corrected chi connectivity index (χ3v) is 5.16. The molecule has 0 radical (unpaired) electrons. The van der Waals surface area contributed by atoms with Gasteiger partial charge in [-0.25, -0.2) is 0 Å². The molecule has 0 aliphatic heterocycles. The van der Waals surface area contributed by atoms with Crippen molar-refractivity contribution in [3.8, 4) is 0 Å². The molecule has 0 aromatic heterocycles. The number of fused-ring (bicyclic) bond motifs is 1. The molecule has 5 heteroatoms. The minimum absolute atomic E-state index is 0.0256. The Bertz CT molecular complexity index is 672. The number of rotatable bonds is 3. The number of carbonyl (C=O) groups is 1. The summed E-state index contributed by atoms with van der Waals surface area (Å²) in [4.78, 5) is 23.3. The highest BCUT2D eigenvalue weighted by Gasteiger charge is 2.53. The molecule has 132 valence electrons. The number of allylic oxidation sites excluding steroid dienone is 4. The summed E-state index contributed by atoms with van der Waals surface area (Å²) >= 11 is 0. The molecule has 0 bridgehead atoms. The predicted octanol–water partition coefficient (Wildman–Crippen LogP) is 4.86. The number of para-hydroxylation sites is 2. The van der Waals surface area contributed by atoms with E-state index in [1.165, 1.54) is 6.07 Å². The Hall–Kier alpha value is -2.43. The van der Waals surface area contributed by atoms with Gasteiger partial charge in [-0.3, -0.25) is 14.9 Å².